The Morgan fingerprint density at radius 3 is 2.23 bits per heavy atom. The number of anilines is 1. The van der Waals surface area contributed by atoms with Crippen LogP contribution in [0, 0.1) is 13.8 Å². The Hall–Kier alpha value is -3.61. The average Bonchev–Trinajstić information content (AvgIpc) is 2.77. The van der Waals surface area contributed by atoms with Crippen molar-refractivity contribution in [3.05, 3.63) is 71.3 Å². The highest BCUT2D eigenvalue weighted by atomic mass is 16.6. The Labute approximate surface area is 208 Å². The Balaban J connectivity index is 2.43. The number of para-hydroxylation sites is 1. The van der Waals surface area contributed by atoms with Crippen molar-refractivity contribution in [1.82, 2.24) is 10.2 Å². The maximum Gasteiger partial charge on any atom is 0.408 e. The molecule has 0 radical (unpaired) electrons. The number of benzene rings is 2. The molecular weight excluding hydrogens is 442 g/mol. The second-order valence-corrected chi connectivity index (χ2v) is 9.53. The number of carbonyl (C=O) groups excluding carboxylic acids is 3. The van der Waals surface area contributed by atoms with Crippen molar-refractivity contribution in [2.24, 2.45) is 0 Å². The van der Waals surface area contributed by atoms with Gasteiger partial charge in [0.2, 0.25) is 5.91 Å². The summed E-state index contributed by atoms with van der Waals surface area (Å²) in [5.41, 5.74) is 3.33. The molecule has 3 amide bonds. The largest absolute Gasteiger partial charge is 0.444 e. The Bertz CT molecular complexity index is 1070. The van der Waals surface area contributed by atoms with E-state index in [1.54, 1.807) is 40.7 Å². The summed E-state index contributed by atoms with van der Waals surface area (Å²) in [4.78, 5) is 40.9. The van der Waals surface area contributed by atoms with E-state index >= 15 is 0 Å². The lowest BCUT2D eigenvalue weighted by Gasteiger charge is -2.33. The van der Waals surface area contributed by atoms with Crippen LogP contribution >= 0.6 is 0 Å². The van der Waals surface area contributed by atoms with Gasteiger partial charge in [0.25, 0.3) is 5.91 Å². The van der Waals surface area contributed by atoms with Gasteiger partial charge in [-0.1, -0.05) is 49.1 Å². The molecule has 2 atom stereocenters. The molecule has 7 heteroatoms. The van der Waals surface area contributed by atoms with Crippen molar-refractivity contribution in [2.75, 3.05) is 11.9 Å². The normalized spacial score (nSPS) is 12.8. The van der Waals surface area contributed by atoms with Crippen LogP contribution in [0.15, 0.2) is 49.0 Å². The number of nitrogens with one attached hydrogen (secondary N) is 2. The minimum atomic E-state index is -0.922. The smallest absolute Gasteiger partial charge is 0.408 e. The highest BCUT2D eigenvalue weighted by molar-refractivity contribution is 5.99. The van der Waals surface area contributed by atoms with Crippen molar-refractivity contribution >= 4 is 29.7 Å². The van der Waals surface area contributed by atoms with Gasteiger partial charge >= 0.3 is 6.09 Å². The number of ether oxygens (including phenoxy) is 1. The highest BCUT2D eigenvalue weighted by Gasteiger charge is 2.34. The maximum absolute atomic E-state index is 13.7. The average molecular weight is 480 g/mol. The fourth-order valence-electron chi connectivity index (χ4n) is 3.79. The molecule has 0 heterocycles. The fraction of sp³-hybridized carbons (Fsp3) is 0.393. The fourth-order valence-corrected chi connectivity index (χ4v) is 3.79. The van der Waals surface area contributed by atoms with Crippen LogP contribution in [0.2, 0.25) is 0 Å². The van der Waals surface area contributed by atoms with Crippen molar-refractivity contribution in [1.29, 1.82) is 0 Å². The zero-order valence-corrected chi connectivity index (χ0v) is 21.8. The third-order valence-corrected chi connectivity index (χ3v) is 5.48. The molecule has 0 aliphatic heterocycles. The predicted molar refractivity (Wildman–Crippen MR) is 140 cm³/mol. The Morgan fingerprint density at radius 2 is 1.69 bits per heavy atom. The third kappa shape index (κ3) is 7.44. The van der Waals surface area contributed by atoms with Crippen molar-refractivity contribution in [3.8, 4) is 0 Å². The Morgan fingerprint density at radius 1 is 1.09 bits per heavy atom. The van der Waals surface area contributed by atoms with Gasteiger partial charge in [0.1, 0.15) is 17.7 Å². The van der Waals surface area contributed by atoms with E-state index in [0.717, 1.165) is 16.7 Å². The van der Waals surface area contributed by atoms with Gasteiger partial charge in [-0.3, -0.25) is 9.59 Å². The van der Waals surface area contributed by atoms with E-state index < -0.39 is 29.7 Å². The summed E-state index contributed by atoms with van der Waals surface area (Å²) in [6.07, 6.45) is 0.994. The van der Waals surface area contributed by atoms with Crippen LogP contribution in [0.5, 0.6) is 0 Å². The molecule has 35 heavy (non-hydrogen) atoms. The molecule has 2 N–H and O–H groups in total. The Kier molecular flexibility index (Phi) is 9.23. The molecule has 2 unspecified atom stereocenters. The molecule has 188 valence electrons. The SMILES string of the molecule is C=Cc1cccc(C(C(=O)Nc2c(C)cccc2C)N(CC)C(=O)C(C)NC(=O)OC(C)(C)C)c1. The van der Waals surface area contributed by atoms with Gasteiger partial charge < -0.3 is 20.3 Å². The topological polar surface area (TPSA) is 87.7 Å². The van der Waals surface area contributed by atoms with E-state index in [4.69, 9.17) is 4.74 Å². The number of likely N-dealkylation sites (N-methyl/N-ethyl adjacent to an activating group) is 1. The number of hydrogen-bond donors (Lipinski definition) is 2. The number of carbonyl (C=O) groups is 3. The minimum absolute atomic E-state index is 0.252. The maximum atomic E-state index is 13.7. The number of hydrogen-bond acceptors (Lipinski definition) is 4. The van der Waals surface area contributed by atoms with E-state index in [1.165, 1.54) is 4.90 Å². The van der Waals surface area contributed by atoms with Gasteiger partial charge in [-0.15, -0.1) is 0 Å². The van der Waals surface area contributed by atoms with E-state index in [0.29, 0.717) is 11.3 Å². The minimum Gasteiger partial charge on any atom is -0.444 e. The molecule has 0 spiro atoms. The van der Waals surface area contributed by atoms with E-state index in [1.807, 2.05) is 56.3 Å². The van der Waals surface area contributed by atoms with Crippen LogP contribution in [-0.2, 0) is 14.3 Å². The quantitative estimate of drug-likeness (QED) is 0.532. The summed E-state index contributed by atoms with van der Waals surface area (Å²) >= 11 is 0. The van der Waals surface area contributed by atoms with Crippen molar-refractivity contribution < 1.29 is 19.1 Å². The van der Waals surface area contributed by atoms with Crippen LogP contribution in [0.25, 0.3) is 6.08 Å². The first-order chi connectivity index (χ1) is 16.4. The number of aryl methyl sites for hydroxylation is 2. The molecular formula is C28H37N3O4. The van der Waals surface area contributed by atoms with E-state index in [9.17, 15) is 14.4 Å². The van der Waals surface area contributed by atoms with Crippen LogP contribution in [0.4, 0.5) is 10.5 Å². The molecule has 0 aromatic heterocycles. The summed E-state index contributed by atoms with van der Waals surface area (Å²) < 4.78 is 5.29. The molecule has 0 fully saturated rings. The first kappa shape index (κ1) is 27.6. The third-order valence-electron chi connectivity index (χ3n) is 5.48. The second-order valence-electron chi connectivity index (χ2n) is 9.53. The lowest BCUT2D eigenvalue weighted by atomic mass is 10.00. The van der Waals surface area contributed by atoms with Crippen LogP contribution in [0.3, 0.4) is 0 Å². The van der Waals surface area contributed by atoms with E-state index in [2.05, 4.69) is 17.2 Å². The van der Waals surface area contributed by atoms with Crippen LogP contribution < -0.4 is 10.6 Å². The first-order valence-corrected chi connectivity index (χ1v) is 11.8. The lowest BCUT2D eigenvalue weighted by Crippen LogP contribution is -2.51. The van der Waals surface area contributed by atoms with Crippen molar-refractivity contribution in [2.45, 2.75) is 66.2 Å². The van der Waals surface area contributed by atoms with Gasteiger partial charge in [-0.25, -0.2) is 4.79 Å². The number of alkyl carbamates (subject to hydrolysis) is 1. The molecule has 2 aromatic rings. The number of amides is 3. The summed E-state index contributed by atoms with van der Waals surface area (Å²) in [6, 6.07) is 11.3. The van der Waals surface area contributed by atoms with Crippen LogP contribution in [0.1, 0.15) is 62.9 Å². The van der Waals surface area contributed by atoms with Gasteiger partial charge in [0, 0.05) is 12.2 Å². The van der Waals surface area contributed by atoms with E-state index in [-0.39, 0.29) is 12.5 Å². The molecule has 0 aliphatic carbocycles. The standard InChI is InChI=1S/C28H37N3O4/c1-9-21-15-12-16-22(17-21)24(25(32)30-23-18(3)13-11-14-19(23)4)31(10-2)26(33)20(5)29-27(34)35-28(6,7)8/h9,11-17,20,24H,1,10H2,2-8H3,(H,29,34)(H,30,32). The zero-order valence-electron chi connectivity index (χ0n) is 21.8. The number of nitrogens with zero attached hydrogens (tertiary/aromatic N) is 1. The monoisotopic (exact) mass is 479 g/mol. The number of rotatable bonds is 8. The molecule has 0 bridgehead atoms. The zero-order chi connectivity index (χ0) is 26.3. The highest BCUT2D eigenvalue weighted by Crippen LogP contribution is 2.27. The summed E-state index contributed by atoms with van der Waals surface area (Å²) in [5, 5.41) is 5.61. The first-order valence-electron chi connectivity index (χ1n) is 11.8. The van der Waals surface area contributed by atoms with Gasteiger partial charge in [0.15, 0.2) is 0 Å². The van der Waals surface area contributed by atoms with Gasteiger partial charge in [0.05, 0.1) is 0 Å². The van der Waals surface area contributed by atoms with Gasteiger partial charge in [-0.05, 0) is 76.8 Å². The van der Waals surface area contributed by atoms with Gasteiger partial charge in [-0.2, -0.15) is 0 Å². The predicted octanol–water partition coefficient (Wildman–Crippen LogP) is 5.39. The summed E-state index contributed by atoms with van der Waals surface area (Å²) in [6.45, 7) is 16.5. The summed E-state index contributed by atoms with van der Waals surface area (Å²) in [7, 11) is 0. The molecule has 0 aliphatic rings. The molecule has 0 saturated heterocycles. The second kappa shape index (κ2) is 11.7. The molecule has 7 nitrogen and oxygen atoms in total. The molecule has 2 aromatic carbocycles. The lowest BCUT2D eigenvalue weighted by molar-refractivity contribution is -0.140. The van der Waals surface area contributed by atoms with Crippen molar-refractivity contribution in [3.63, 3.8) is 0 Å². The summed E-state index contributed by atoms with van der Waals surface area (Å²) in [5.74, 6) is -0.743. The van der Waals surface area contributed by atoms with Crippen LogP contribution in [-0.4, -0.2) is 41.0 Å². The molecule has 2 rings (SSSR count). The molecule has 0 saturated carbocycles.